The van der Waals surface area contributed by atoms with Gasteiger partial charge in [0.05, 0.1) is 5.69 Å². The lowest BCUT2D eigenvalue weighted by Crippen LogP contribution is -2.14. The Morgan fingerprint density at radius 2 is 2.00 bits per heavy atom. The van der Waals surface area contributed by atoms with Crippen molar-refractivity contribution in [3.05, 3.63) is 57.0 Å². The molecule has 0 heterocycles. The van der Waals surface area contributed by atoms with E-state index in [1.807, 2.05) is 32.0 Å². The van der Waals surface area contributed by atoms with Crippen molar-refractivity contribution in [2.75, 3.05) is 17.2 Å². The van der Waals surface area contributed by atoms with Crippen molar-refractivity contribution < 1.29 is 4.79 Å². The average Bonchev–Trinajstić information content (AvgIpc) is 2.42. The molecule has 2 rings (SSSR count). The van der Waals surface area contributed by atoms with E-state index in [1.165, 1.54) is 0 Å². The number of anilines is 2. The van der Waals surface area contributed by atoms with E-state index in [0.29, 0.717) is 16.3 Å². The molecule has 0 aliphatic heterocycles. The first-order valence-corrected chi connectivity index (χ1v) is 7.79. The number of amides is 1. The number of aryl methyl sites for hydroxylation is 1. The zero-order valence-corrected chi connectivity index (χ0v) is 14.2. The summed E-state index contributed by atoms with van der Waals surface area (Å²) in [6.07, 6.45) is 0. The summed E-state index contributed by atoms with van der Waals surface area (Å²) in [4.78, 5) is 12.4. The quantitative estimate of drug-likeness (QED) is 0.790. The molecule has 21 heavy (non-hydrogen) atoms. The lowest BCUT2D eigenvalue weighted by molar-refractivity contribution is 0.102. The van der Waals surface area contributed by atoms with Crippen molar-refractivity contribution >= 4 is 44.8 Å². The number of carbonyl (C=O) groups excluding carboxylic acids is 1. The smallest absolute Gasteiger partial charge is 0.255 e. The minimum atomic E-state index is -0.140. The molecular formula is C16H16BrClN2O. The van der Waals surface area contributed by atoms with E-state index >= 15 is 0 Å². The highest BCUT2D eigenvalue weighted by molar-refractivity contribution is 9.10. The maximum absolute atomic E-state index is 12.4. The van der Waals surface area contributed by atoms with Crippen molar-refractivity contribution in [3.8, 4) is 0 Å². The monoisotopic (exact) mass is 366 g/mol. The van der Waals surface area contributed by atoms with Gasteiger partial charge in [-0.1, -0.05) is 11.6 Å². The van der Waals surface area contributed by atoms with Gasteiger partial charge in [-0.3, -0.25) is 4.79 Å². The topological polar surface area (TPSA) is 41.1 Å². The minimum absolute atomic E-state index is 0.140. The lowest BCUT2D eigenvalue weighted by Gasteiger charge is -2.11. The molecule has 0 bridgehead atoms. The van der Waals surface area contributed by atoms with E-state index in [1.54, 1.807) is 18.2 Å². The predicted molar refractivity (Wildman–Crippen MR) is 92.4 cm³/mol. The lowest BCUT2D eigenvalue weighted by atomic mass is 10.1. The summed E-state index contributed by atoms with van der Waals surface area (Å²) in [5.74, 6) is -0.140. The van der Waals surface area contributed by atoms with Crippen LogP contribution in [0.15, 0.2) is 40.9 Å². The first-order valence-electron chi connectivity index (χ1n) is 6.62. The fourth-order valence-electron chi connectivity index (χ4n) is 2.01. The summed E-state index contributed by atoms with van der Waals surface area (Å²) in [6, 6.07) is 11.0. The highest BCUT2D eigenvalue weighted by atomic mass is 79.9. The molecule has 2 aromatic carbocycles. The van der Waals surface area contributed by atoms with Gasteiger partial charge in [0.15, 0.2) is 0 Å². The van der Waals surface area contributed by atoms with Gasteiger partial charge in [0.1, 0.15) is 0 Å². The Kier molecular flexibility index (Phi) is 5.26. The van der Waals surface area contributed by atoms with Gasteiger partial charge in [0, 0.05) is 27.3 Å². The van der Waals surface area contributed by atoms with Crippen molar-refractivity contribution in [2.24, 2.45) is 0 Å². The number of hydrogen-bond acceptors (Lipinski definition) is 2. The van der Waals surface area contributed by atoms with Crippen molar-refractivity contribution in [1.29, 1.82) is 0 Å². The van der Waals surface area contributed by atoms with Crippen molar-refractivity contribution in [3.63, 3.8) is 0 Å². The van der Waals surface area contributed by atoms with Crippen LogP contribution in [-0.4, -0.2) is 12.5 Å². The second-order valence-electron chi connectivity index (χ2n) is 4.64. The van der Waals surface area contributed by atoms with E-state index in [4.69, 9.17) is 11.6 Å². The number of rotatable bonds is 4. The highest BCUT2D eigenvalue weighted by Crippen LogP contribution is 2.26. The number of benzene rings is 2. The number of halogens is 2. The van der Waals surface area contributed by atoms with E-state index in [2.05, 4.69) is 26.6 Å². The summed E-state index contributed by atoms with van der Waals surface area (Å²) in [5.41, 5.74) is 3.29. The van der Waals surface area contributed by atoms with Crippen LogP contribution >= 0.6 is 27.5 Å². The molecule has 3 nitrogen and oxygen atoms in total. The van der Waals surface area contributed by atoms with Gasteiger partial charge < -0.3 is 10.6 Å². The van der Waals surface area contributed by atoms with E-state index in [0.717, 1.165) is 22.3 Å². The van der Waals surface area contributed by atoms with Crippen LogP contribution in [-0.2, 0) is 0 Å². The minimum Gasteiger partial charge on any atom is -0.385 e. The number of nitrogens with one attached hydrogen (secondary N) is 2. The molecule has 0 saturated heterocycles. The largest absolute Gasteiger partial charge is 0.385 e. The number of hydrogen-bond donors (Lipinski definition) is 2. The predicted octanol–water partition coefficient (Wildman–Crippen LogP) is 5.10. The van der Waals surface area contributed by atoms with Crippen LogP contribution in [0.1, 0.15) is 22.8 Å². The van der Waals surface area contributed by atoms with Gasteiger partial charge in [0.2, 0.25) is 0 Å². The normalized spacial score (nSPS) is 10.3. The Morgan fingerprint density at radius 1 is 1.24 bits per heavy atom. The molecule has 0 unspecified atom stereocenters. The van der Waals surface area contributed by atoms with Crippen LogP contribution in [0.2, 0.25) is 5.02 Å². The van der Waals surface area contributed by atoms with E-state index in [-0.39, 0.29) is 5.91 Å². The van der Waals surface area contributed by atoms with Crippen LogP contribution in [0.4, 0.5) is 11.4 Å². The van der Waals surface area contributed by atoms with Crippen LogP contribution < -0.4 is 10.6 Å². The van der Waals surface area contributed by atoms with Crippen LogP contribution in [0.25, 0.3) is 0 Å². The van der Waals surface area contributed by atoms with Gasteiger partial charge >= 0.3 is 0 Å². The van der Waals surface area contributed by atoms with Gasteiger partial charge in [-0.15, -0.1) is 0 Å². The van der Waals surface area contributed by atoms with Crippen LogP contribution in [0, 0.1) is 6.92 Å². The Morgan fingerprint density at radius 3 is 2.62 bits per heavy atom. The molecule has 2 N–H and O–H groups in total. The summed E-state index contributed by atoms with van der Waals surface area (Å²) in [7, 11) is 0. The molecule has 0 radical (unpaired) electrons. The molecular weight excluding hydrogens is 352 g/mol. The maximum Gasteiger partial charge on any atom is 0.255 e. The Balaban J connectivity index is 2.20. The second-order valence-corrected chi connectivity index (χ2v) is 5.93. The molecule has 110 valence electrons. The highest BCUT2D eigenvalue weighted by Gasteiger charge is 2.11. The van der Waals surface area contributed by atoms with E-state index < -0.39 is 0 Å². The summed E-state index contributed by atoms with van der Waals surface area (Å²) in [5, 5.41) is 6.72. The fourth-order valence-corrected chi connectivity index (χ4v) is 2.79. The average molecular weight is 368 g/mol. The molecule has 0 aliphatic rings. The Bertz CT molecular complexity index is 673. The molecule has 2 aromatic rings. The Labute approximate surface area is 137 Å². The zero-order valence-electron chi connectivity index (χ0n) is 11.8. The third-order valence-corrected chi connectivity index (χ3v) is 3.92. The van der Waals surface area contributed by atoms with Gasteiger partial charge in [-0.2, -0.15) is 0 Å². The van der Waals surface area contributed by atoms with E-state index in [9.17, 15) is 4.79 Å². The molecule has 0 saturated carbocycles. The second kappa shape index (κ2) is 6.96. The standard InChI is InChI=1S/C16H16BrClN2O/c1-3-19-12-5-6-13(10(2)8-12)16(21)20-15-7-4-11(18)9-14(15)17/h4-9,19H,3H2,1-2H3,(H,20,21). The summed E-state index contributed by atoms with van der Waals surface area (Å²) in [6.45, 7) is 4.81. The number of carbonyl (C=O) groups is 1. The fraction of sp³-hybridized carbons (Fsp3) is 0.188. The van der Waals surface area contributed by atoms with Crippen molar-refractivity contribution in [2.45, 2.75) is 13.8 Å². The van der Waals surface area contributed by atoms with Crippen LogP contribution in [0.3, 0.4) is 0 Å². The maximum atomic E-state index is 12.4. The van der Waals surface area contributed by atoms with Gasteiger partial charge in [-0.25, -0.2) is 0 Å². The Hall–Kier alpha value is -1.52. The molecule has 0 aromatic heterocycles. The van der Waals surface area contributed by atoms with Gasteiger partial charge in [-0.05, 0) is 71.7 Å². The first kappa shape index (κ1) is 15.9. The first-order chi connectivity index (χ1) is 10.0. The third kappa shape index (κ3) is 3.99. The zero-order chi connectivity index (χ0) is 15.4. The molecule has 5 heteroatoms. The van der Waals surface area contributed by atoms with Crippen LogP contribution in [0.5, 0.6) is 0 Å². The molecule has 0 aliphatic carbocycles. The summed E-state index contributed by atoms with van der Waals surface area (Å²) < 4.78 is 0.755. The molecule has 0 fully saturated rings. The molecule has 0 atom stereocenters. The molecule has 1 amide bonds. The van der Waals surface area contributed by atoms with Gasteiger partial charge in [0.25, 0.3) is 5.91 Å². The SMILES string of the molecule is CCNc1ccc(C(=O)Nc2ccc(Cl)cc2Br)c(C)c1. The summed E-state index contributed by atoms with van der Waals surface area (Å²) >= 11 is 9.28. The third-order valence-electron chi connectivity index (χ3n) is 3.03. The van der Waals surface area contributed by atoms with Crippen molar-refractivity contribution in [1.82, 2.24) is 0 Å². The molecule has 0 spiro atoms.